The predicted octanol–water partition coefficient (Wildman–Crippen LogP) is 3.34. The van der Waals surface area contributed by atoms with Crippen LogP contribution >= 0.6 is 0 Å². The van der Waals surface area contributed by atoms with Crippen molar-refractivity contribution in [3.05, 3.63) is 53.3 Å². The molecule has 128 valence electrons. The van der Waals surface area contributed by atoms with Gasteiger partial charge in [0.15, 0.2) is 17.5 Å². The van der Waals surface area contributed by atoms with Gasteiger partial charge >= 0.3 is 0 Å². The van der Waals surface area contributed by atoms with Gasteiger partial charge < -0.3 is 20.1 Å². The number of nitrogens with zero attached hydrogens (tertiary/aromatic N) is 1. The topological polar surface area (TPSA) is 54.9 Å². The Bertz CT molecular complexity index is 732. The van der Waals surface area contributed by atoms with Gasteiger partial charge in [0.05, 0.1) is 14.2 Å². The maximum Gasteiger partial charge on any atom is 0.195 e. The van der Waals surface area contributed by atoms with Crippen molar-refractivity contribution in [2.24, 2.45) is 4.99 Å². The second-order valence-corrected chi connectivity index (χ2v) is 5.20. The number of hydrogen-bond acceptors (Lipinski definition) is 3. The van der Waals surface area contributed by atoms with E-state index in [1.165, 1.54) is 6.07 Å². The second-order valence-electron chi connectivity index (χ2n) is 5.20. The fraction of sp³-hybridized carbons (Fsp3) is 0.278. The van der Waals surface area contributed by atoms with Crippen LogP contribution < -0.4 is 20.1 Å². The molecule has 0 unspecified atom stereocenters. The van der Waals surface area contributed by atoms with Crippen LogP contribution in [-0.2, 0) is 6.54 Å². The van der Waals surface area contributed by atoms with E-state index in [1.54, 1.807) is 34.3 Å². The summed E-state index contributed by atoms with van der Waals surface area (Å²) in [6.07, 6.45) is 0. The Hall–Kier alpha value is -2.76. The number of ether oxygens (including phenoxy) is 2. The Balaban J connectivity index is 2.03. The summed E-state index contributed by atoms with van der Waals surface area (Å²) in [5, 5.41) is 6.37. The molecule has 2 rings (SSSR count). The SMILES string of the molecule is CN=C(NCc1ccc(F)c(C)c1)Nc1ccc(OC)c(OC)c1. The Morgan fingerprint density at radius 2 is 1.83 bits per heavy atom. The van der Waals surface area contributed by atoms with Crippen molar-refractivity contribution in [1.29, 1.82) is 0 Å². The average molecular weight is 331 g/mol. The Kier molecular flexibility index (Phi) is 6.01. The molecule has 0 spiro atoms. The highest BCUT2D eigenvalue weighted by atomic mass is 19.1. The lowest BCUT2D eigenvalue weighted by molar-refractivity contribution is 0.355. The molecule has 0 heterocycles. The number of rotatable bonds is 5. The third kappa shape index (κ3) is 4.38. The molecule has 0 amide bonds. The summed E-state index contributed by atoms with van der Waals surface area (Å²) in [6, 6.07) is 10.5. The van der Waals surface area contributed by atoms with Crippen molar-refractivity contribution in [2.45, 2.75) is 13.5 Å². The molecule has 2 aromatic carbocycles. The Morgan fingerprint density at radius 1 is 1.08 bits per heavy atom. The highest BCUT2D eigenvalue weighted by Gasteiger charge is 2.06. The third-order valence-electron chi connectivity index (χ3n) is 3.55. The molecular weight excluding hydrogens is 309 g/mol. The fourth-order valence-electron chi connectivity index (χ4n) is 2.23. The molecule has 0 aliphatic carbocycles. The monoisotopic (exact) mass is 331 g/mol. The largest absolute Gasteiger partial charge is 0.493 e. The van der Waals surface area contributed by atoms with Crippen LogP contribution in [0.15, 0.2) is 41.4 Å². The van der Waals surface area contributed by atoms with Crippen LogP contribution in [0.4, 0.5) is 10.1 Å². The lowest BCUT2D eigenvalue weighted by atomic mass is 10.1. The van der Waals surface area contributed by atoms with E-state index in [9.17, 15) is 4.39 Å². The van der Waals surface area contributed by atoms with Crippen LogP contribution in [-0.4, -0.2) is 27.2 Å². The van der Waals surface area contributed by atoms with Crippen molar-refractivity contribution >= 4 is 11.6 Å². The van der Waals surface area contributed by atoms with E-state index < -0.39 is 0 Å². The molecule has 0 aliphatic heterocycles. The first-order valence-corrected chi connectivity index (χ1v) is 7.52. The van der Waals surface area contributed by atoms with Gasteiger partial charge in [-0.25, -0.2) is 4.39 Å². The number of hydrogen-bond donors (Lipinski definition) is 2. The van der Waals surface area contributed by atoms with Crippen LogP contribution in [0, 0.1) is 12.7 Å². The van der Waals surface area contributed by atoms with Gasteiger partial charge in [-0.3, -0.25) is 4.99 Å². The first-order valence-electron chi connectivity index (χ1n) is 7.52. The van der Waals surface area contributed by atoms with E-state index in [0.717, 1.165) is 11.3 Å². The summed E-state index contributed by atoms with van der Waals surface area (Å²) in [7, 11) is 4.87. The van der Waals surface area contributed by atoms with E-state index in [1.807, 2.05) is 24.3 Å². The lowest BCUT2D eigenvalue weighted by Crippen LogP contribution is -2.30. The van der Waals surface area contributed by atoms with Gasteiger partial charge in [0, 0.05) is 25.3 Å². The Labute approximate surface area is 141 Å². The van der Waals surface area contributed by atoms with E-state index in [2.05, 4.69) is 15.6 Å². The first-order chi connectivity index (χ1) is 11.6. The van der Waals surface area contributed by atoms with Crippen LogP contribution in [0.2, 0.25) is 0 Å². The second kappa shape index (κ2) is 8.19. The van der Waals surface area contributed by atoms with E-state index in [-0.39, 0.29) is 5.82 Å². The molecule has 0 saturated heterocycles. The molecule has 6 heteroatoms. The molecule has 5 nitrogen and oxygen atoms in total. The molecule has 0 radical (unpaired) electrons. The fourth-order valence-corrected chi connectivity index (χ4v) is 2.23. The number of aryl methyl sites for hydroxylation is 1. The number of benzene rings is 2. The average Bonchev–Trinajstić information content (AvgIpc) is 2.61. The molecule has 2 N–H and O–H groups in total. The maximum atomic E-state index is 13.3. The number of methoxy groups -OCH3 is 2. The lowest BCUT2D eigenvalue weighted by Gasteiger charge is -2.14. The molecule has 0 bridgehead atoms. The summed E-state index contributed by atoms with van der Waals surface area (Å²) < 4.78 is 23.8. The minimum atomic E-state index is -0.202. The summed E-state index contributed by atoms with van der Waals surface area (Å²) in [6.45, 7) is 2.28. The minimum Gasteiger partial charge on any atom is -0.493 e. The Morgan fingerprint density at radius 3 is 2.46 bits per heavy atom. The number of guanidine groups is 1. The van der Waals surface area contributed by atoms with Crippen LogP contribution in [0.1, 0.15) is 11.1 Å². The third-order valence-corrected chi connectivity index (χ3v) is 3.55. The van der Waals surface area contributed by atoms with Gasteiger partial charge in [0.2, 0.25) is 0 Å². The standard InChI is InChI=1S/C18H22FN3O2/c1-12-9-13(5-7-15(12)19)11-21-18(20-2)22-14-6-8-16(23-3)17(10-14)24-4/h5-10H,11H2,1-4H3,(H2,20,21,22). The van der Waals surface area contributed by atoms with E-state index in [0.29, 0.717) is 29.6 Å². The maximum absolute atomic E-state index is 13.3. The number of nitrogens with one attached hydrogen (secondary N) is 2. The van der Waals surface area contributed by atoms with Crippen LogP contribution in [0.25, 0.3) is 0 Å². The van der Waals surface area contributed by atoms with Crippen molar-refractivity contribution in [3.63, 3.8) is 0 Å². The van der Waals surface area contributed by atoms with E-state index >= 15 is 0 Å². The van der Waals surface area contributed by atoms with Gasteiger partial charge in [0.25, 0.3) is 0 Å². The molecule has 0 aromatic heterocycles. The summed E-state index contributed by atoms with van der Waals surface area (Å²) >= 11 is 0. The molecule has 0 atom stereocenters. The smallest absolute Gasteiger partial charge is 0.195 e. The summed E-state index contributed by atoms with van der Waals surface area (Å²) in [5.41, 5.74) is 2.41. The van der Waals surface area contributed by atoms with Crippen molar-refractivity contribution in [3.8, 4) is 11.5 Å². The first kappa shape index (κ1) is 17.6. The van der Waals surface area contributed by atoms with Gasteiger partial charge in [-0.1, -0.05) is 12.1 Å². The molecule has 2 aromatic rings. The van der Waals surface area contributed by atoms with Crippen LogP contribution in [0.5, 0.6) is 11.5 Å². The summed E-state index contributed by atoms with van der Waals surface area (Å²) in [4.78, 5) is 4.18. The normalized spacial score (nSPS) is 11.1. The molecule has 0 saturated carbocycles. The zero-order valence-corrected chi connectivity index (χ0v) is 14.3. The highest BCUT2D eigenvalue weighted by molar-refractivity contribution is 5.93. The number of aliphatic imine (C=N–C) groups is 1. The molecule has 0 fully saturated rings. The van der Waals surface area contributed by atoms with Crippen molar-refractivity contribution < 1.29 is 13.9 Å². The van der Waals surface area contributed by atoms with Gasteiger partial charge in [-0.15, -0.1) is 0 Å². The zero-order valence-electron chi connectivity index (χ0n) is 14.3. The highest BCUT2D eigenvalue weighted by Crippen LogP contribution is 2.29. The van der Waals surface area contributed by atoms with Crippen LogP contribution in [0.3, 0.4) is 0 Å². The van der Waals surface area contributed by atoms with Gasteiger partial charge in [-0.2, -0.15) is 0 Å². The van der Waals surface area contributed by atoms with Crippen molar-refractivity contribution in [1.82, 2.24) is 5.32 Å². The van der Waals surface area contributed by atoms with E-state index in [4.69, 9.17) is 9.47 Å². The minimum absolute atomic E-state index is 0.202. The number of anilines is 1. The zero-order chi connectivity index (χ0) is 17.5. The van der Waals surface area contributed by atoms with Gasteiger partial charge in [-0.05, 0) is 36.2 Å². The number of halogens is 1. The van der Waals surface area contributed by atoms with Gasteiger partial charge in [0.1, 0.15) is 5.82 Å². The molecule has 0 aliphatic rings. The summed E-state index contributed by atoms with van der Waals surface area (Å²) in [5.74, 6) is 1.69. The quantitative estimate of drug-likeness (QED) is 0.652. The molecular formula is C18H22FN3O2. The predicted molar refractivity (Wildman–Crippen MR) is 94.5 cm³/mol. The molecule has 24 heavy (non-hydrogen) atoms. The van der Waals surface area contributed by atoms with Crippen molar-refractivity contribution in [2.75, 3.05) is 26.6 Å².